The molecule has 0 aromatic carbocycles. The Hall–Kier alpha value is -0.370. The van der Waals surface area contributed by atoms with E-state index in [-0.39, 0.29) is 11.8 Å². The molecule has 0 aromatic rings. The summed E-state index contributed by atoms with van der Waals surface area (Å²) in [6.45, 7) is 9.50. The predicted octanol–water partition coefficient (Wildman–Crippen LogP) is 3.26. The maximum Gasteiger partial charge on any atom is 0.138 e. The zero-order chi connectivity index (χ0) is 12.6. The largest absolute Gasteiger partial charge is 0.320 e. The first kappa shape index (κ1) is 15.6. The molecule has 0 aliphatic heterocycles. The van der Waals surface area contributed by atoms with E-state index in [9.17, 15) is 4.79 Å². The molecule has 0 aliphatic carbocycles. The summed E-state index contributed by atoms with van der Waals surface area (Å²) in [5.74, 6) is 1.56. The summed E-state index contributed by atoms with van der Waals surface area (Å²) in [5.41, 5.74) is 0. The molecule has 0 aliphatic rings. The van der Waals surface area contributed by atoms with Gasteiger partial charge in [0.05, 0.1) is 0 Å². The first-order valence-corrected chi connectivity index (χ1v) is 6.67. The number of hydrogen-bond acceptors (Lipinski definition) is 2. The van der Waals surface area contributed by atoms with E-state index in [0.717, 1.165) is 25.8 Å². The Morgan fingerprint density at radius 2 is 1.75 bits per heavy atom. The van der Waals surface area contributed by atoms with Gasteiger partial charge in [-0.25, -0.2) is 0 Å². The molecule has 1 N–H and O–H groups in total. The number of rotatable bonds is 9. The molecule has 96 valence electrons. The van der Waals surface area contributed by atoms with Crippen LogP contribution in [0.3, 0.4) is 0 Å². The molecule has 0 rings (SSSR count). The number of carbonyl (C=O) groups is 1. The fourth-order valence-electron chi connectivity index (χ4n) is 2.11. The van der Waals surface area contributed by atoms with Crippen LogP contribution in [0.15, 0.2) is 0 Å². The minimum Gasteiger partial charge on any atom is -0.320 e. The fraction of sp³-hybridized carbons (Fsp3) is 0.929. The summed E-state index contributed by atoms with van der Waals surface area (Å²) in [6, 6.07) is 0. The molecule has 0 radical (unpaired) electrons. The molecule has 0 spiro atoms. The summed E-state index contributed by atoms with van der Waals surface area (Å²) < 4.78 is 0. The smallest absolute Gasteiger partial charge is 0.138 e. The van der Waals surface area contributed by atoms with E-state index < -0.39 is 0 Å². The Morgan fingerprint density at radius 3 is 2.19 bits per heavy atom. The van der Waals surface area contributed by atoms with Crippen molar-refractivity contribution in [1.82, 2.24) is 5.32 Å². The van der Waals surface area contributed by atoms with Crippen LogP contribution >= 0.6 is 0 Å². The van der Waals surface area contributed by atoms with E-state index in [4.69, 9.17) is 0 Å². The van der Waals surface area contributed by atoms with Crippen molar-refractivity contribution in [1.29, 1.82) is 0 Å². The standard InChI is InChI=1S/C14H29NO/c1-11(2)10-13(14(16)12(3)4)8-6-7-9-15-5/h11-13,15H,6-10H2,1-5H3. The van der Waals surface area contributed by atoms with Gasteiger partial charge in [0.2, 0.25) is 0 Å². The minimum atomic E-state index is 0.188. The first-order chi connectivity index (χ1) is 7.49. The van der Waals surface area contributed by atoms with Crippen LogP contribution in [0, 0.1) is 17.8 Å². The maximum atomic E-state index is 12.0. The van der Waals surface area contributed by atoms with Crippen LogP contribution in [0.5, 0.6) is 0 Å². The van der Waals surface area contributed by atoms with Crippen molar-refractivity contribution >= 4 is 5.78 Å². The van der Waals surface area contributed by atoms with Gasteiger partial charge < -0.3 is 5.32 Å². The number of Topliss-reactive ketones (excluding diaryl/α,β-unsaturated/α-hetero) is 1. The van der Waals surface area contributed by atoms with Crippen LogP contribution in [0.1, 0.15) is 53.4 Å². The van der Waals surface area contributed by atoms with Gasteiger partial charge in [0.1, 0.15) is 5.78 Å². The van der Waals surface area contributed by atoms with E-state index in [0.29, 0.717) is 11.7 Å². The van der Waals surface area contributed by atoms with Gasteiger partial charge in [0, 0.05) is 11.8 Å². The minimum absolute atomic E-state index is 0.188. The lowest BCUT2D eigenvalue weighted by Crippen LogP contribution is -2.22. The number of nitrogens with one attached hydrogen (secondary N) is 1. The Bertz CT molecular complexity index is 187. The summed E-state index contributed by atoms with van der Waals surface area (Å²) in [5, 5.41) is 3.15. The zero-order valence-corrected chi connectivity index (χ0v) is 11.7. The molecule has 0 heterocycles. The van der Waals surface area contributed by atoms with E-state index in [1.807, 2.05) is 20.9 Å². The Morgan fingerprint density at radius 1 is 1.12 bits per heavy atom. The van der Waals surface area contributed by atoms with Gasteiger partial charge in [-0.3, -0.25) is 4.79 Å². The number of carbonyl (C=O) groups excluding carboxylic acids is 1. The highest BCUT2D eigenvalue weighted by molar-refractivity contribution is 5.82. The van der Waals surface area contributed by atoms with Crippen LogP contribution in [0.4, 0.5) is 0 Å². The van der Waals surface area contributed by atoms with Gasteiger partial charge in [-0.05, 0) is 38.8 Å². The van der Waals surface area contributed by atoms with Crippen LogP contribution in [0.2, 0.25) is 0 Å². The molecule has 16 heavy (non-hydrogen) atoms. The van der Waals surface area contributed by atoms with Gasteiger partial charge in [-0.2, -0.15) is 0 Å². The van der Waals surface area contributed by atoms with Crippen LogP contribution in [0.25, 0.3) is 0 Å². The number of hydrogen-bond donors (Lipinski definition) is 1. The highest BCUT2D eigenvalue weighted by Gasteiger charge is 2.21. The normalized spacial score (nSPS) is 13.4. The van der Waals surface area contributed by atoms with Crippen molar-refractivity contribution in [3.8, 4) is 0 Å². The SMILES string of the molecule is CNCCCCC(CC(C)C)C(=O)C(C)C. The van der Waals surface area contributed by atoms with Gasteiger partial charge in [0.15, 0.2) is 0 Å². The Balaban J connectivity index is 4.05. The quantitative estimate of drug-likeness (QED) is 0.613. The van der Waals surface area contributed by atoms with Crippen molar-refractivity contribution in [2.24, 2.45) is 17.8 Å². The molecular formula is C14H29NO. The van der Waals surface area contributed by atoms with Crippen LogP contribution < -0.4 is 5.32 Å². The van der Waals surface area contributed by atoms with Crippen LogP contribution in [-0.4, -0.2) is 19.4 Å². The van der Waals surface area contributed by atoms with Crippen molar-refractivity contribution in [2.75, 3.05) is 13.6 Å². The van der Waals surface area contributed by atoms with Gasteiger partial charge >= 0.3 is 0 Å². The predicted molar refractivity (Wildman–Crippen MR) is 70.6 cm³/mol. The second kappa shape index (κ2) is 8.74. The third kappa shape index (κ3) is 7.00. The second-order valence-corrected chi connectivity index (χ2v) is 5.48. The second-order valence-electron chi connectivity index (χ2n) is 5.48. The monoisotopic (exact) mass is 227 g/mol. The molecule has 1 atom stereocenters. The van der Waals surface area contributed by atoms with Crippen molar-refractivity contribution < 1.29 is 4.79 Å². The molecular weight excluding hydrogens is 198 g/mol. The van der Waals surface area contributed by atoms with Crippen molar-refractivity contribution in [3.05, 3.63) is 0 Å². The van der Waals surface area contributed by atoms with E-state index in [1.54, 1.807) is 0 Å². The number of unbranched alkanes of at least 4 members (excludes halogenated alkanes) is 1. The third-order valence-electron chi connectivity index (χ3n) is 2.96. The van der Waals surface area contributed by atoms with Gasteiger partial charge in [0.25, 0.3) is 0 Å². The third-order valence-corrected chi connectivity index (χ3v) is 2.96. The molecule has 2 heteroatoms. The Kier molecular flexibility index (Phi) is 8.54. The lowest BCUT2D eigenvalue weighted by atomic mass is 9.84. The average Bonchev–Trinajstić information content (AvgIpc) is 2.20. The summed E-state index contributed by atoms with van der Waals surface area (Å²) in [7, 11) is 1.98. The maximum absolute atomic E-state index is 12.0. The highest BCUT2D eigenvalue weighted by atomic mass is 16.1. The average molecular weight is 227 g/mol. The molecule has 0 amide bonds. The molecule has 0 fully saturated rings. The van der Waals surface area contributed by atoms with Crippen LogP contribution in [-0.2, 0) is 4.79 Å². The van der Waals surface area contributed by atoms with Gasteiger partial charge in [-0.15, -0.1) is 0 Å². The Labute approximate surface area is 101 Å². The molecule has 2 nitrogen and oxygen atoms in total. The topological polar surface area (TPSA) is 29.1 Å². The van der Waals surface area contributed by atoms with E-state index >= 15 is 0 Å². The first-order valence-electron chi connectivity index (χ1n) is 6.67. The van der Waals surface area contributed by atoms with Gasteiger partial charge in [-0.1, -0.05) is 34.1 Å². The summed E-state index contributed by atoms with van der Waals surface area (Å²) >= 11 is 0. The molecule has 1 unspecified atom stereocenters. The summed E-state index contributed by atoms with van der Waals surface area (Å²) in [6.07, 6.45) is 4.46. The zero-order valence-electron chi connectivity index (χ0n) is 11.7. The highest BCUT2D eigenvalue weighted by Crippen LogP contribution is 2.22. The lowest BCUT2D eigenvalue weighted by Gasteiger charge is -2.19. The molecule has 0 bridgehead atoms. The van der Waals surface area contributed by atoms with Crippen molar-refractivity contribution in [2.45, 2.75) is 53.4 Å². The van der Waals surface area contributed by atoms with E-state index in [2.05, 4.69) is 19.2 Å². The number of ketones is 1. The summed E-state index contributed by atoms with van der Waals surface area (Å²) in [4.78, 5) is 12.0. The molecule has 0 saturated heterocycles. The molecule has 0 aromatic heterocycles. The fourth-order valence-corrected chi connectivity index (χ4v) is 2.11. The molecule has 0 saturated carbocycles. The van der Waals surface area contributed by atoms with E-state index in [1.165, 1.54) is 6.42 Å². The lowest BCUT2D eigenvalue weighted by molar-refractivity contribution is -0.126. The van der Waals surface area contributed by atoms with Crippen molar-refractivity contribution in [3.63, 3.8) is 0 Å².